The molecule has 11 heteroatoms. The molecule has 0 aliphatic rings. The van der Waals surface area contributed by atoms with Crippen molar-refractivity contribution in [1.82, 2.24) is 30.0 Å². The molecule has 0 bridgehead atoms. The lowest BCUT2D eigenvalue weighted by Crippen LogP contribution is -2.01. The second-order valence-corrected chi connectivity index (χ2v) is 8.57. The fourth-order valence-corrected chi connectivity index (χ4v) is 3.82. The average Bonchev–Trinajstić information content (AvgIpc) is 3.60. The molecule has 190 valence electrons. The fraction of sp³-hybridized carbons (Fsp3) is 0.185. The first-order valence-corrected chi connectivity index (χ1v) is 12.0. The zero-order valence-corrected chi connectivity index (χ0v) is 20.5. The number of hydrogen-bond donors (Lipinski definition) is 0. The predicted octanol–water partition coefficient (Wildman–Crippen LogP) is 4.93. The molecule has 0 saturated carbocycles. The first-order chi connectivity index (χ1) is 18.7. The molecule has 5 rings (SSSR count). The quantitative estimate of drug-likeness (QED) is 0.134. The molecule has 0 unspecified atom stereocenters. The zero-order valence-electron chi connectivity index (χ0n) is 20.5. The highest BCUT2D eigenvalue weighted by Crippen LogP contribution is 2.25. The Morgan fingerprint density at radius 1 is 0.684 bits per heavy atom. The van der Waals surface area contributed by atoms with E-state index in [0.29, 0.717) is 36.0 Å². The molecular weight excluding hydrogens is 482 g/mol. The topological polar surface area (TPSA) is 129 Å². The van der Waals surface area contributed by atoms with Gasteiger partial charge in [0.2, 0.25) is 0 Å². The third kappa shape index (κ3) is 6.96. The standard InChI is InChI=1S/C27H25N9O2/c28-32-29-14-23-11-26(37-19-24-17-35(33-30-24)15-21-7-3-1-4-8-21)13-27(12-23)38-20-25-18-36(34-31-25)16-22-9-5-2-6-10-22/h1-13,17-18H,14-16,19-20H2. The third-order valence-corrected chi connectivity index (χ3v) is 5.58. The molecule has 0 aliphatic carbocycles. The molecule has 0 aliphatic heterocycles. The number of rotatable bonds is 12. The number of azide groups is 1. The van der Waals surface area contributed by atoms with Crippen LogP contribution >= 0.6 is 0 Å². The normalized spacial score (nSPS) is 10.6. The van der Waals surface area contributed by atoms with Gasteiger partial charge >= 0.3 is 0 Å². The number of nitrogens with zero attached hydrogens (tertiary/aromatic N) is 9. The highest BCUT2D eigenvalue weighted by molar-refractivity contribution is 5.38. The number of ether oxygens (including phenoxy) is 2. The van der Waals surface area contributed by atoms with Crippen molar-refractivity contribution in [2.45, 2.75) is 32.8 Å². The van der Waals surface area contributed by atoms with Gasteiger partial charge in [0.25, 0.3) is 0 Å². The van der Waals surface area contributed by atoms with Gasteiger partial charge < -0.3 is 9.47 Å². The van der Waals surface area contributed by atoms with Gasteiger partial charge in [-0.1, -0.05) is 76.2 Å². The molecule has 0 spiro atoms. The van der Waals surface area contributed by atoms with Crippen molar-refractivity contribution < 1.29 is 9.47 Å². The Hall–Kier alpha value is -5.15. The molecular formula is C27H25N9O2. The smallest absolute Gasteiger partial charge is 0.134 e. The molecule has 0 amide bonds. The molecule has 3 aromatic carbocycles. The van der Waals surface area contributed by atoms with E-state index >= 15 is 0 Å². The number of aromatic nitrogens is 6. The molecule has 2 aromatic heterocycles. The van der Waals surface area contributed by atoms with Crippen molar-refractivity contribution in [2.75, 3.05) is 0 Å². The van der Waals surface area contributed by atoms with Crippen molar-refractivity contribution in [2.24, 2.45) is 5.11 Å². The van der Waals surface area contributed by atoms with E-state index in [1.165, 1.54) is 0 Å². The molecule has 11 nitrogen and oxygen atoms in total. The van der Waals surface area contributed by atoms with E-state index in [-0.39, 0.29) is 19.8 Å². The number of benzene rings is 3. The minimum Gasteiger partial charge on any atom is -0.487 e. The Morgan fingerprint density at radius 3 is 1.66 bits per heavy atom. The summed E-state index contributed by atoms with van der Waals surface area (Å²) in [6.07, 6.45) is 3.71. The Balaban J connectivity index is 1.21. The Labute approximate surface area is 218 Å². The van der Waals surface area contributed by atoms with E-state index in [4.69, 9.17) is 15.0 Å². The van der Waals surface area contributed by atoms with Crippen LogP contribution in [0.1, 0.15) is 28.1 Å². The molecule has 0 radical (unpaired) electrons. The average molecular weight is 508 g/mol. The van der Waals surface area contributed by atoms with E-state index in [0.717, 1.165) is 16.7 Å². The van der Waals surface area contributed by atoms with Gasteiger partial charge in [0.15, 0.2) is 0 Å². The minimum absolute atomic E-state index is 0.171. The maximum Gasteiger partial charge on any atom is 0.134 e. The first kappa shape index (κ1) is 24.5. The summed E-state index contributed by atoms with van der Waals surface area (Å²) in [5.74, 6) is 1.13. The van der Waals surface area contributed by atoms with Crippen molar-refractivity contribution in [3.05, 3.63) is 130 Å². The van der Waals surface area contributed by atoms with Crippen LogP contribution in [-0.2, 0) is 32.8 Å². The van der Waals surface area contributed by atoms with Gasteiger partial charge in [0.1, 0.15) is 36.1 Å². The van der Waals surface area contributed by atoms with Crippen LogP contribution in [0.2, 0.25) is 0 Å². The lowest BCUT2D eigenvalue weighted by Gasteiger charge is -2.10. The highest BCUT2D eigenvalue weighted by Gasteiger charge is 2.08. The van der Waals surface area contributed by atoms with Crippen molar-refractivity contribution >= 4 is 0 Å². The van der Waals surface area contributed by atoms with Gasteiger partial charge in [-0.15, -0.1) is 10.2 Å². The summed E-state index contributed by atoms with van der Waals surface area (Å²) in [6.45, 7) is 1.89. The summed E-state index contributed by atoms with van der Waals surface area (Å²) in [7, 11) is 0. The largest absolute Gasteiger partial charge is 0.487 e. The van der Waals surface area contributed by atoms with E-state index in [1.54, 1.807) is 15.4 Å². The van der Waals surface area contributed by atoms with Crippen LogP contribution in [0.3, 0.4) is 0 Å². The first-order valence-electron chi connectivity index (χ1n) is 12.0. The van der Waals surface area contributed by atoms with Crippen LogP contribution in [0.15, 0.2) is 96.4 Å². The molecule has 0 fully saturated rings. The zero-order chi connectivity index (χ0) is 26.0. The molecule has 0 saturated heterocycles. The molecule has 5 aromatic rings. The summed E-state index contributed by atoms with van der Waals surface area (Å²) in [6, 6.07) is 25.5. The van der Waals surface area contributed by atoms with Crippen LogP contribution in [-0.4, -0.2) is 30.0 Å². The van der Waals surface area contributed by atoms with Crippen molar-refractivity contribution in [3.63, 3.8) is 0 Å². The van der Waals surface area contributed by atoms with Gasteiger partial charge in [-0.25, -0.2) is 9.36 Å². The van der Waals surface area contributed by atoms with Gasteiger partial charge in [-0.2, -0.15) is 0 Å². The maximum atomic E-state index is 8.75. The third-order valence-electron chi connectivity index (χ3n) is 5.58. The highest BCUT2D eigenvalue weighted by atomic mass is 16.5. The Kier molecular flexibility index (Phi) is 7.88. The predicted molar refractivity (Wildman–Crippen MR) is 139 cm³/mol. The fourth-order valence-electron chi connectivity index (χ4n) is 3.82. The van der Waals surface area contributed by atoms with Gasteiger partial charge in [0, 0.05) is 11.0 Å². The van der Waals surface area contributed by atoms with Crippen molar-refractivity contribution in [3.8, 4) is 11.5 Å². The van der Waals surface area contributed by atoms with E-state index in [1.807, 2.05) is 85.2 Å². The van der Waals surface area contributed by atoms with Crippen molar-refractivity contribution in [1.29, 1.82) is 0 Å². The molecule has 2 heterocycles. The maximum absolute atomic E-state index is 8.75. The summed E-state index contributed by atoms with van der Waals surface area (Å²) in [4.78, 5) is 2.85. The van der Waals surface area contributed by atoms with Crippen LogP contribution in [0.4, 0.5) is 0 Å². The number of hydrogen-bond acceptors (Lipinski definition) is 7. The van der Waals surface area contributed by atoms with Crippen LogP contribution in [0.5, 0.6) is 11.5 Å². The van der Waals surface area contributed by atoms with Gasteiger partial charge in [-0.05, 0) is 34.4 Å². The van der Waals surface area contributed by atoms with Crippen LogP contribution < -0.4 is 9.47 Å². The van der Waals surface area contributed by atoms with Gasteiger partial charge in [-0.3, -0.25) is 0 Å². The van der Waals surface area contributed by atoms with Crippen LogP contribution in [0.25, 0.3) is 10.4 Å². The molecule has 0 atom stereocenters. The monoisotopic (exact) mass is 507 g/mol. The van der Waals surface area contributed by atoms with E-state index < -0.39 is 0 Å². The molecule has 38 heavy (non-hydrogen) atoms. The van der Waals surface area contributed by atoms with E-state index in [9.17, 15) is 0 Å². The second kappa shape index (κ2) is 12.2. The summed E-state index contributed by atoms with van der Waals surface area (Å²) in [5.41, 5.74) is 13.2. The van der Waals surface area contributed by atoms with E-state index in [2.05, 4.69) is 30.7 Å². The van der Waals surface area contributed by atoms with Crippen LogP contribution in [0, 0.1) is 0 Å². The minimum atomic E-state index is 0.171. The Morgan fingerprint density at radius 2 is 1.18 bits per heavy atom. The second-order valence-electron chi connectivity index (χ2n) is 8.57. The summed E-state index contributed by atoms with van der Waals surface area (Å²) in [5, 5.41) is 20.4. The Bertz CT molecular complexity index is 1410. The summed E-state index contributed by atoms with van der Waals surface area (Å²) < 4.78 is 15.5. The van der Waals surface area contributed by atoms with Gasteiger partial charge in [0.05, 0.1) is 32.0 Å². The lowest BCUT2D eigenvalue weighted by atomic mass is 10.2. The molecule has 0 N–H and O–H groups in total. The SMILES string of the molecule is [N-]=[N+]=NCc1cc(OCc2cn(Cc3ccccc3)nn2)cc(OCc2cn(Cc3ccccc3)nn2)c1. The summed E-state index contributed by atoms with van der Waals surface area (Å²) >= 11 is 0. The lowest BCUT2D eigenvalue weighted by molar-refractivity contribution is 0.284.